The van der Waals surface area contributed by atoms with E-state index in [0.29, 0.717) is 5.41 Å². The zero-order chi connectivity index (χ0) is 15.7. The number of likely N-dealkylation sites (tertiary alicyclic amines) is 1. The molecule has 21 heavy (non-hydrogen) atoms. The van der Waals surface area contributed by atoms with Gasteiger partial charge in [0, 0.05) is 18.5 Å². The minimum Gasteiger partial charge on any atom is -0.444 e. The van der Waals surface area contributed by atoms with Gasteiger partial charge in [0.05, 0.1) is 0 Å². The summed E-state index contributed by atoms with van der Waals surface area (Å²) in [5, 5.41) is 5.96. The van der Waals surface area contributed by atoms with Gasteiger partial charge in [0.2, 0.25) is 5.91 Å². The number of nitrogens with one attached hydrogen (secondary N) is 2. The van der Waals surface area contributed by atoms with Crippen molar-refractivity contribution < 1.29 is 14.3 Å². The molecule has 2 aliphatic heterocycles. The van der Waals surface area contributed by atoms with Gasteiger partial charge in [-0.2, -0.15) is 0 Å². The summed E-state index contributed by atoms with van der Waals surface area (Å²) in [4.78, 5) is 25.8. The zero-order valence-corrected chi connectivity index (χ0v) is 13.5. The molecule has 6 nitrogen and oxygen atoms in total. The number of carbonyl (C=O) groups excluding carboxylic acids is 2. The Morgan fingerprint density at radius 3 is 2.33 bits per heavy atom. The summed E-state index contributed by atoms with van der Waals surface area (Å²) in [5.41, 5.74) is -0.241. The van der Waals surface area contributed by atoms with Crippen LogP contribution in [0.15, 0.2) is 0 Å². The Balaban J connectivity index is 1.77. The normalized spacial score (nSPS) is 22.4. The predicted molar refractivity (Wildman–Crippen MR) is 79.9 cm³/mol. The van der Waals surface area contributed by atoms with E-state index < -0.39 is 17.7 Å². The summed E-state index contributed by atoms with van der Waals surface area (Å²) in [7, 11) is 0. The minimum absolute atomic E-state index is 0.0231. The van der Waals surface area contributed by atoms with Gasteiger partial charge in [-0.3, -0.25) is 4.79 Å². The third kappa shape index (κ3) is 4.09. The van der Waals surface area contributed by atoms with Gasteiger partial charge in [-0.1, -0.05) is 0 Å². The van der Waals surface area contributed by atoms with Gasteiger partial charge in [0.1, 0.15) is 11.6 Å². The number of ether oxygens (including phenoxy) is 1. The molecule has 2 amide bonds. The van der Waals surface area contributed by atoms with Crippen molar-refractivity contribution in [2.45, 2.75) is 52.2 Å². The van der Waals surface area contributed by atoms with Gasteiger partial charge >= 0.3 is 6.09 Å². The summed E-state index contributed by atoms with van der Waals surface area (Å²) in [5.74, 6) is -0.0231. The van der Waals surface area contributed by atoms with Gasteiger partial charge in [-0.05, 0) is 53.6 Å². The first-order valence-corrected chi connectivity index (χ1v) is 7.70. The Hall–Kier alpha value is -1.30. The molecule has 1 spiro atoms. The second-order valence-electron chi connectivity index (χ2n) is 7.31. The van der Waals surface area contributed by atoms with Gasteiger partial charge < -0.3 is 20.3 Å². The van der Waals surface area contributed by atoms with E-state index in [-0.39, 0.29) is 5.91 Å². The first-order valence-electron chi connectivity index (χ1n) is 7.70. The molecule has 0 aromatic carbocycles. The summed E-state index contributed by atoms with van der Waals surface area (Å²) < 4.78 is 5.17. The van der Waals surface area contributed by atoms with E-state index >= 15 is 0 Å². The van der Waals surface area contributed by atoms with Gasteiger partial charge in [0.15, 0.2) is 0 Å². The van der Waals surface area contributed by atoms with Crippen molar-refractivity contribution in [2.75, 3.05) is 26.2 Å². The molecule has 0 bridgehead atoms. The maximum absolute atomic E-state index is 12.3. The monoisotopic (exact) mass is 297 g/mol. The third-order valence-corrected chi connectivity index (χ3v) is 4.13. The smallest absolute Gasteiger partial charge is 0.408 e. The lowest BCUT2D eigenvalue weighted by Gasteiger charge is -2.53. The lowest BCUT2D eigenvalue weighted by Crippen LogP contribution is -2.64. The van der Waals surface area contributed by atoms with Crippen LogP contribution in [0.1, 0.15) is 40.5 Å². The van der Waals surface area contributed by atoms with Crippen LogP contribution < -0.4 is 10.6 Å². The number of amides is 2. The third-order valence-electron chi connectivity index (χ3n) is 4.13. The first kappa shape index (κ1) is 16.1. The highest BCUT2D eigenvalue weighted by atomic mass is 16.6. The fourth-order valence-corrected chi connectivity index (χ4v) is 3.01. The highest BCUT2D eigenvalue weighted by molar-refractivity contribution is 5.86. The number of hydrogen-bond acceptors (Lipinski definition) is 4. The Bertz CT molecular complexity index is 403. The van der Waals surface area contributed by atoms with E-state index in [0.717, 1.165) is 39.0 Å². The van der Waals surface area contributed by atoms with E-state index in [4.69, 9.17) is 4.74 Å². The second kappa shape index (κ2) is 5.83. The van der Waals surface area contributed by atoms with E-state index in [1.807, 2.05) is 4.90 Å². The van der Waals surface area contributed by atoms with E-state index in [1.54, 1.807) is 27.7 Å². The fourth-order valence-electron chi connectivity index (χ4n) is 3.01. The van der Waals surface area contributed by atoms with Crippen LogP contribution in [0.5, 0.6) is 0 Å². The van der Waals surface area contributed by atoms with E-state index in [9.17, 15) is 9.59 Å². The van der Waals surface area contributed by atoms with E-state index in [1.165, 1.54) is 0 Å². The molecule has 0 aliphatic carbocycles. The number of alkyl carbamates (subject to hydrolysis) is 1. The van der Waals surface area contributed by atoms with Crippen molar-refractivity contribution in [2.24, 2.45) is 5.41 Å². The van der Waals surface area contributed by atoms with Crippen LogP contribution in [-0.2, 0) is 9.53 Å². The molecule has 0 aromatic heterocycles. The molecule has 2 heterocycles. The number of nitrogens with zero attached hydrogens (tertiary/aromatic N) is 1. The van der Waals surface area contributed by atoms with Crippen molar-refractivity contribution >= 4 is 12.0 Å². The minimum atomic E-state index is -0.553. The molecule has 2 fully saturated rings. The lowest BCUT2D eigenvalue weighted by molar-refractivity contribution is -0.147. The Morgan fingerprint density at radius 2 is 1.81 bits per heavy atom. The highest BCUT2D eigenvalue weighted by Gasteiger charge is 2.46. The number of hydrogen-bond donors (Lipinski definition) is 2. The lowest BCUT2D eigenvalue weighted by atomic mass is 9.72. The molecule has 2 aliphatic rings. The molecule has 0 aromatic rings. The van der Waals surface area contributed by atoms with Gasteiger partial charge in [-0.15, -0.1) is 0 Å². The molecule has 0 saturated carbocycles. The van der Waals surface area contributed by atoms with Crippen LogP contribution in [0.3, 0.4) is 0 Å². The van der Waals surface area contributed by atoms with Crippen LogP contribution in [0.25, 0.3) is 0 Å². The largest absolute Gasteiger partial charge is 0.444 e. The molecular formula is C15H27N3O3. The van der Waals surface area contributed by atoms with Crippen LogP contribution in [0.4, 0.5) is 4.79 Å². The van der Waals surface area contributed by atoms with Crippen LogP contribution in [0, 0.1) is 5.41 Å². The standard InChI is InChI=1S/C15H27N3O3/c1-11(17-13(20)21-14(2,3)4)12(19)18-9-15(10-18)5-7-16-8-6-15/h11,16H,5-10H2,1-4H3,(H,17,20)/t11-/m1/s1. The molecule has 0 unspecified atom stereocenters. The maximum atomic E-state index is 12.3. The van der Waals surface area contributed by atoms with Crippen molar-refractivity contribution in [1.82, 2.24) is 15.5 Å². The molecular weight excluding hydrogens is 270 g/mol. The summed E-state index contributed by atoms with van der Waals surface area (Å²) in [6.07, 6.45) is 1.72. The van der Waals surface area contributed by atoms with Gasteiger partial charge in [-0.25, -0.2) is 4.79 Å². The van der Waals surface area contributed by atoms with Crippen LogP contribution in [-0.4, -0.2) is 54.7 Å². The van der Waals surface area contributed by atoms with Crippen LogP contribution in [0.2, 0.25) is 0 Å². The number of carbonyl (C=O) groups is 2. The average molecular weight is 297 g/mol. The number of piperidine rings is 1. The molecule has 2 saturated heterocycles. The van der Waals surface area contributed by atoms with Crippen molar-refractivity contribution in [3.8, 4) is 0 Å². The first-order chi connectivity index (χ1) is 9.71. The number of rotatable bonds is 2. The Labute approximate surface area is 126 Å². The van der Waals surface area contributed by atoms with Crippen molar-refractivity contribution in [3.63, 3.8) is 0 Å². The fraction of sp³-hybridized carbons (Fsp3) is 0.867. The second-order valence-corrected chi connectivity index (χ2v) is 7.31. The molecule has 6 heteroatoms. The van der Waals surface area contributed by atoms with Crippen molar-refractivity contribution in [1.29, 1.82) is 0 Å². The van der Waals surface area contributed by atoms with E-state index in [2.05, 4.69) is 10.6 Å². The average Bonchev–Trinajstić information content (AvgIpc) is 2.33. The maximum Gasteiger partial charge on any atom is 0.408 e. The Kier molecular flexibility index (Phi) is 4.46. The highest BCUT2D eigenvalue weighted by Crippen LogP contribution is 2.38. The van der Waals surface area contributed by atoms with Crippen LogP contribution >= 0.6 is 0 Å². The molecule has 2 N–H and O–H groups in total. The predicted octanol–water partition coefficient (Wildman–Crippen LogP) is 1.11. The summed E-state index contributed by atoms with van der Waals surface area (Å²) >= 11 is 0. The summed E-state index contributed by atoms with van der Waals surface area (Å²) in [6.45, 7) is 10.8. The summed E-state index contributed by atoms with van der Waals surface area (Å²) in [6, 6.07) is -0.543. The zero-order valence-electron chi connectivity index (χ0n) is 13.5. The topological polar surface area (TPSA) is 70.7 Å². The molecule has 2 rings (SSSR count). The SMILES string of the molecule is C[C@@H](NC(=O)OC(C)(C)C)C(=O)N1CC2(CCNCC2)C1. The molecule has 0 radical (unpaired) electrons. The van der Waals surface area contributed by atoms with Crippen molar-refractivity contribution in [3.05, 3.63) is 0 Å². The Morgan fingerprint density at radius 1 is 1.24 bits per heavy atom. The van der Waals surface area contributed by atoms with Gasteiger partial charge in [0.25, 0.3) is 0 Å². The quantitative estimate of drug-likeness (QED) is 0.801. The molecule has 120 valence electrons. The molecule has 1 atom stereocenters.